The average Bonchev–Trinajstić information content (AvgIpc) is 2.45. The van der Waals surface area contributed by atoms with Crippen LogP contribution in [0.15, 0.2) is 46.9 Å². The second-order valence-electron chi connectivity index (χ2n) is 4.11. The molecule has 0 aliphatic carbocycles. The lowest BCUT2D eigenvalue weighted by Crippen LogP contribution is -2.01. The van der Waals surface area contributed by atoms with Crippen LogP contribution in [-0.4, -0.2) is 7.11 Å². The van der Waals surface area contributed by atoms with Gasteiger partial charge < -0.3 is 10.1 Å². The Labute approximate surface area is 126 Å². The van der Waals surface area contributed by atoms with Gasteiger partial charge in [0.15, 0.2) is 0 Å². The molecule has 100 valence electrons. The van der Waals surface area contributed by atoms with Crippen molar-refractivity contribution in [2.24, 2.45) is 0 Å². The third-order valence-electron chi connectivity index (χ3n) is 2.86. The quantitative estimate of drug-likeness (QED) is 0.789. The van der Waals surface area contributed by atoms with E-state index >= 15 is 0 Å². The van der Waals surface area contributed by atoms with Crippen molar-refractivity contribution in [2.45, 2.75) is 12.4 Å². The van der Waals surface area contributed by atoms with Gasteiger partial charge in [-0.1, -0.05) is 24.3 Å². The molecular formula is C15H15BrClNO. The minimum atomic E-state index is 0.509. The molecule has 0 bridgehead atoms. The van der Waals surface area contributed by atoms with E-state index in [1.54, 1.807) is 7.11 Å². The molecule has 0 saturated heterocycles. The van der Waals surface area contributed by atoms with Crippen molar-refractivity contribution >= 4 is 33.2 Å². The number of hydrogen-bond acceptors (Lipinski definition) is 2. The summed E-state index contributed by atoms with van der Waals surface area (Å²) in [6, 6.07) is 14.1. The molecule has 4 heteroatoms. The van der Waals surface area contributed by atoms with Crippen LogP contribution in [0.5, 0.6) is 5.75 Å². The number of nitrogens with one attached hydrogen (secondary N) is 1. The molecule has 0 aliphatic heterocycles. The number of para-hydroxylation sites is 1. The van der Waals surface area contributed by atoms with E-state index in [4.69, 9.17) is 16.3 Å². The maximum absolute atomic E-state index is 5.91. The topological polar surface area (TPSA) is 21.3 Å². The normalized spacial score (nSPS) is 10.3. The van der Waals surface area contributed by atoms with Crippen molar-refractivity contribution in [1.29, 1.82) is 0 Å². The summed E-state index contributed by atoms with van der Waals surface area (Å²) in [7, 11) is 1.66. The molecule has 1 N–H and O–H groups in total. The molecular weight excluding hydrogens is 326 g/mol. The average molecular weight is 341 g/mol. The lowest BCUT2D eigenvalue weighted by atomic mass is 10.1. The zero-order valence-electron chi connectivity index (χ0n) is 10.6. The van der Waals surface area contributed by atoms with Gasteiger partial charge in [0.2, 0.25) is 0 Å². The van der Waals surface area contributed by atoms with E-state index < -0.39 is 0 Å². The van der Waals surface area contributed by atoms with Gasteiger partial charge in [0.1, 0.15) is 5.75 Å². The first-order valence-corrected chi connectivity index (χ1v) is 7.27. The van der Waals surface area contributed by atoms with Crippen LogP contribution >= 0.6 is 27.5 Å². The maximum Gasteiger partial charge on any atom is 0.133 e. The first-order valence-electron chi connectivity index (χ1n) is 5.94. The Morgan fingerprint density at radius 3 is 2.68 bits per heavy atom. The number of anilines is 1. The molecule has 0 saturated carbocycles. The van der Waals surface area contributed by atoms with Gasteiger partial charge in [0, 0.05) is 18.1 Å². The number of ether oxygens (including phenoxy) is 1. The van der Waals surface area contributed by atoms with E-state index in [-0.39, 0.29) is 0 Å². The molecule has 0 heterocycles. The van der Waals surface area contributed by atoms with E-state index in [0.29, 0.717) is 5.88 Å². The van der Waals surface area contributed by atoms with Crippen molar-refractivity contribution in [2.75, 3.05) is 12.4 Å². The Hall–Kier alpha value is -1.19. The molecule has 0 radical (unpaired) electrons. The lowest BCUT2D eigenvalue weighted by molar-refractivity contribution is 0.412. The standard InChI is InChI=1S/C15H15BrClNO/c1-19-15-7-6-11(8-13(15)16)10-18-14-5-3-2-4-12(14)9-17/h2-8,18H,9-10H2,1H3. The molecule has 2 aromatic rings. The number of methoxy groups -OCH3 is 1. The van der Waals surface area contributed by atoms with Crippen LogP contribution in [0.1, 0.15) is 11.1 Å². The largest absolute Gasteiger partial charge is 0.496 e. The summed E-state index contributed by atoms with van der Waals surface area (Å²) in [6.07, 6.45) is 0. The first kappa shape index (κ1) is 14.2. The Balaban J connectivity index is 2.08. The van der Waals surface area contributed by atoms with Crippen molar-refractivity contribution < 1.29 is 4.74 Å². The summed E-state index contributed by atoms with van der Waals surface area (Å²) in [5.41, 5.74) is 3.36. The molecule has 0 aliphatic rings. The molecule has 0 fully saturated rings. The van der Waals surface area contributed by atoms with Gasteiger partial charge in [-0.25, -0.2) is 0 Å². The molecule has 2 nitrogen and oxygen atoms in total. The Morgan fingerprint density at radius 1 is 1.21 bits per heavy atom. The summed E-state index contributed by atoms with van der Waals surface area (Å²) in [5.74, 6) is 1.35. The van der Waals surface area contributed by atoms with Gasteiger partial charge in [0.05, 0.1) is 11.6 Å². The van der Waals surface area contributed by atoms with Gasteiger partial charge in [-0.15, -0.1) is 11.6 Å². The second-order valence-corrected chi connectivity index (χ2v) is 5.23. The van der Waals surface area contributed by atoms with Gasteiger partial charge in [0.25, 0.3) is 0 Å². The Morgan fingerprint density at radius 2 is 2.00 bits per heavy atom. The molecule has 0 atom stereocenters. The Bertz CT molecular complexity index is 560. The fourth-order valence-electron chi connectivity index (χ4n) is 1.83. The fourth-order valence-corrected chi connectivity index (χ4v) is 2.65. The predicted octanol–water partition coefficient (Wildman–Crippen LogP) is 4.81. The highest BCUT2D eigenvalue weighted by molar-refractivity contribution is 9.10. The molecule has 0 amide bonds. The highest BCUT2D eigenvalue weighted by Crippen LogP contribution is 2.26. The highest BCUT2D eigenvalue weighted by Gasteiger charge is 2.03. The van der Waals surface area contributed by atoms with E-state index in [0.717, 1.165) is 28.0 Å². The summed E-state index contributed by atoms with van der Waals surface area (Å²) in [6.45, 7) is 0.747. The predicted molar refractivity (Wildman–Crippen MR) is 84.0 cm³/mol. The van der Waals surface area contributed by atoms with Crippen LogP contribution < -0.4 is 10.1 Å². The number of rotatable bonds is 5. The van der Waals surface area contributed by atoms with Crippen molar-refractivity contribution in [3.05, 3.63) is 58.1 Å². The molecule has 0 aromatic heterocycles. The van der Waals surface area contributed by atoms with E-state index in [1.807, 2.05) is 36.4 Å². The SMILES string of the molecule is COc1ccc(CNc2ccccc2CCl)cc1Br. The minimum absolute atomic E-state index is 0.509. The molecule has 2 aromatic carbocycles. The summed E-state index contributed by atoms with van der Waals surface area (Å²) >= 11 is 9.40. The number of hydrogen-bond donors (Lipinski definition) is 1. The third-order valence-corrected chi connectivity index (χ3v) is 3.77. The fraction of sp³-hybridized carbons (Fsp3) is 0.200. The van der Waals surface area contributed by atoms with Crippen LogP contribution in [0.25, 0.3) is 0 Å². The molecule has 0 unspecified atom stereocenters. The number of alkyl halides is 1. The van der Waals surface area contributed by atoms with Crippen LogP contribution in [0.3, 0.4) is 0 Å². The van der Waals surface area contributed by atoms with Crippen LogP contribution in [0.4, 0.5) is 5.69 Å². The third kappa shape index (κ3) is 3.64. The summed E-state index contributed by atoms with van der Waals surface area (Å²) < 4.78 is 6.17. The van der Waals surface area contributed by atoms with E-state index in [1.165, 1.54) is 5.56 Å². The van der Waals surface area contributed by atoms with Crippen molar-refractivity contribution in [1.82, 2.24) is 0 Å². The zero-order valence-corrected chi connectivity index (χ0v) is 13.0. The number of halogens is 2. The second kappa shape index (κ2) is 6.83. The first-order chi connectivity index (χ1) is 9.24. The lowest BCUT2D eigenvalue weighted by Gasteiger charge is -2.11. The highest BCUT2D eigenvalue weighted by atomic mass is 79.9. The van der Waals surface area contributed by atoms with Crippen LogP contribution in [-0.2, 0) is 12.4 Å². The van der Waals surface area contributed by atoms with Crippen molar-refractivity contribution in [3.8, 4) is 5.75 Å². The molecule has 0 spiro atoms. The van der Waals surface area contributed by atoms with E-state index in [2.05, 4.69) is 27.3 Å². The van der Waals surface area contributed by atoms with Gasteiger partial charge >= 0.3 is 0 Å². The van der Waals surface area contributed by atoms with Crippen LogP contribution in [0, 0.1) is 0 Å². The van der Waals surface area contributed by atoms with Crippen LogP contribution in [0.2, 0.25) is 0 Å². The molecule has 2 rings (SSSR count). The summed E-state index contributed by atoms with van der Waals surface area (Å²) in [5, 5.41) is 3.40. The molecule has 19 heavy (non-hydrogen) atoms. The zero-order chi connectivity index (χ0) is 13.7. The minimum Gasteiger partial charge on any atom is -0.496 e. The smallest absolute Gasteiger partial charge is 0.133 e. The Kier molecular flexibility index (Phi) is 5.11. The van der Waals surface area contributed by atoms with Gasteiger partial charge in [-0.3, -0.25) is 0 Å². The maximum atomic E-state index is 5.91. The monoisotopic (exact) mass is 339 g/mol. The van der Waals surface area contributed by atoms with E-state index in [9.17, 15) is 0 Å². The number of benzene rings is 2. The van der Waals surface area contributed by atoms with Gasteiger partial charge in [-0.2, -0.15) is 0 Å². The van der Waals surface area contributed by atoms with Crippen molar-refractivity contribution in [3.63, 3.8) is 0 Å². The van der Waals surface area contributed by atoms with Gasteiger partial charge in [-0.05, 0) is 45.3 Å². The summed E-state index contributed by atoms with van der Waals surface area (Å²) in [4.78, 5) is 0.